The maximum atomic E-state index is 4.91. The van der Waals surface area contributed by atoms with Gasteiger partial charge in [0.15, 0.2) is 0 Å². The van der Waals surface area contributed by atoms with Crippen molar-refractivity contribution in [3.8, 4) is 0 Å². The van der Waals surface area contributed by atoms with Gasteiger partial charge >= 0.3 is 0 Å². The Balaban J connectivity index is 2.85. The zero-order chi connectivity index (χ0) is 6.53. The van der Waals surface area contributed by atoms with Crippen LogP contribution in [0, 0.1) is 0 Å². The zero-order valence-electron chi connectivity index (χ0n) is 4.86. The van der Waals surface area contributed by atoms with Crippen molar-refractivity contribution in [1.82, 2.24) is 4.98 Å². The predicted molar refractivity (Wildman–Crippen MR) is 36.0 cm³/mol. The molecule has 0 saturated heterocycles. The summed E-state index contributed by atoms with van der Waals surface area (Å²) in [4.78, 5) is 3.83. The molecule has 1 heterocycles. The topological polar surface area (TPSA) is 51.3 Å². The maximum absolute atomic E-state index is 4.91. The number of hydrogen-bond donors (Lipinski definition) is 1. The fourth-order valence-corrected chi connectivity index (χ4v) is 0.536. The van der Waals surface area contributed by atoms with E-state index in [4.69, 9.17) is 5.84 Å². The van der Waals surface area contributed by atoms with Crippen LogP contribution < -0.4 is 5.84 Å². The molecular weight excluding hydrogens is 114 g/mol. The van der Waals surface area contributed by atoms with Gasteiger partial charge in [-0.2, -0.15) is 5.10 Å². The van der Waals surface area contributed by atoms with E-state index in [2.05, 4.69) is 10.1 Å². The SMILES string of the molecule is N/N=C\c1ccncc1. The fraction of sp³-hybridized carbons (Fsp3) is 0. The van der Waals surface area contributed by atoms with E-state index in [0.717, 1.165) is 5.56 Å². The molecule has 3 nitrogen and oxygen atoms in total. The van der Waals surface area contributed by atoms with Crippen molar-refractivity contribution >= 4 is 6.21 Å². The van der Waals surface area contributed by atoms with Gasteiger partial charge in [-0.1, -0.05) is 0 Å². The Hall–Kier alpha value is -1.38. The molecule has 9 heavy (non-hydrogen) atoms. The molecule has 0 aliphatic rings. The minimum atomic E-state index is 0.965. The van der Waals surface area contributed by atoms with Crippen LogP contribution >= 0.6 is 0 Å². The summed E-state index contributed by atoms with van der Waals surface area (Å²) < 4.78 is 0. The Morgan fingerprint density at radius 1 is 1.44 bits per heavy atom. The average molecular weight is 121 g/mol. The van der Waals surface area contributed by atoms with Crippen molar-refractivity contribution < 1.29 is 0 Å². The molecule has 0 unspecified atom stereocenters. The predicted octanol–water partition coefficient (Wildman–Crippen LogP) is 0.374. The van der Waals surface area contributed by atoms with Crippen LogP contribution in [0.5, 0.6) is 0 Å². The molecule has 1 aromatic rings. The molecule has 0 atom stereocenters. The third-order valence-electron chi connectivity index (χ3n) is 0.930. The van der Waals surface area contributed by atoms with Crippen molar-refractivity contribution in [3.63, 3.8) is 0 Å². The summed E-state index contributed by atoms with van der Waals surface area (Å²) >= 11 is 0. The first-order chi connectivity index (χ1) is 4.43. The third-order valence-corrected chi connectivity index (χ3v) is 0.930. The molecular formula is C6H7N3. The summed E-state index contributed by atoms with van der Waals surface area (Å²) in [6, 6.07) is 3.66. The van der Waals surface area contributed by atoms with Gasteiger partial charge in [0.05, 0.1) is 6.21 Å². The van der Waals surface area contributed by atoms with Crippen molar-refractivity contribution in [1.29, 1.82) is 0 Å². The van der Waals surface area contributed by atoms with Gasteiger partial charge in [0.25, 0.3) is 0 Å². The molecule has 46 valence electrons. The lowest BCUT2D eigenvalue weighted by molar-refractivity contribution is 1.26. The second kappa shape index (κ2) is 2.81. The molecule has 0 aliphatic heterocycles. The summed E-state index contributed by atoms with van der Waals surface area (Å²) in [6.45, 7) is 0. The van der Waals surface area contributed by atoms with E-state index in [-0.39, 0.29) is 0 Å². The van der Waals surface area contributed by atoms with Crippen LogP contribution in [0.15, 0.2) is 29.6 Å². The molecule has 1 aromatic heterocycles. The Bertz CT molecular complexity index is 193. The number of hydrogen-bond acceptors (Lipinski definition) is 3. The van der Waals surface area contributed by atoms with Crippen LogP contribution in [0.4, 0.5) is 0 Å². The van der Waals surface area contributed by atoms with E-state index < -0.39 is 0 Å². The number of hydrazone groups is 1. The first-order valence-electron chi connectivity index (χ1n) is 2.57. The summed E-state index contributed by atoms with van der Waals surface area (Å²) in [5, 5.41) is 3.35. The molecule has 2 N–H and O–H groups in total. The summed E-state index contributed by atoms with van der Waals surface area (Å²) in [6.07, 6.45) is 4.95. The van der Waals surface area contributed by atoms with E-state index in [0.29, 0.717) is 0 Å². The number of pyridine rings is 1. The lowest BCUT2D eigenvalue weighted by Gasteiger charge is -1.85. The van der Waals surface area contributed by atoms with Gasteiger partial charge in [-0.3, -0.25) is 4.98 Å². The Morgan fingerprint density at radius 2 is 2.11 bits per heavy atom. The number of nitrogens with zero attached hydrogens (tertiary/aromatic N) is 2. The molecule has 0 amide bonds. The first kappa shape index (κ1) is 5.75. The van der Waals surface area contributed by atoms with Crippen LogP contribution in [0.1, 0.15) is 5.56 Å². The Morgan fingerprint density at radius 3 is 2.67 bits per heavy atom. The molecule has 0 aromatic carbocycles. The molecule has 0 radical (unpaired) electrons. The molecule has 0 spiro atoms. The van der Waals surface area contributed by atoms with Crippen molar-refractivity contribution in [3.05, 3.63) is 30.1 Å². The van der Waals surface area contributed by atoms with Gasteiger partial charge in [0, 0.05) is 12.4 Å². The summed E-state index contributed by atoms with van der Waals surface area (Å²) in [7, 11) is 0. The molecule has 3 heteroatoms. The van der Waals surface area contributed by atoms with Crippen molar-refractivity contribution in [2.24, 2.45) is 10.9 Å². The van der Waals surface area contributed by atoms with Gasteiger partial charge in [-0.15, -0.1) is 0 Å². The normalized spacial score (nSPS) is 10.2. The van der Waals surface area contributed by atoms with Crippen molar-refractivity contribution in [2.75, 3.05) is 0 Å². The van der Waals surface area contributed by atoms with Crippen LogP contribution in [-0.2, 0) is 0 Å². The number of rotatable bonds is 1. The highest BCUT2D eigenvalue weighted by atomic mass is 15.1. The molecule has 0 aliphatic carbocycles. The van der Waals surface area contributed by atoms with Gasteiger partial charge in [0.1, 0.15) is 0 Å². The van der Waals surface area contributed by atoms with Crippen LogP contribution in [-0.4, -0.2) is 11.2 Å². The van der Waals surface area contributed by atoms with Crippen molar-refractivity contribution in [2.45, 2.75) is 0 Å². The standard InChI is InChI=1S/C6H7N3/c7-9-5-6-1-3-8-4-2-6/h1-5H,7H2/b9-5-. The van der Waals surface area contributed by atoms with Crippen LogP contribution in [0.2, 0.25) is 0 Å². The van der Waals surface area contributed by atoms with Gasteiger partial charge < -0.3 is 5.84 Å². The first-order valence-corrected chi connectivity index (χ1v) is 2.57. The summed E-state index contributed by atoms with van der Waals surface area (Å²) in [5.41, 5.74) is 0.965. The van der Waals surface area contributed by atoms with E-state index >= 15 is 0 Å². The second-order valence-electron chi connectivity index (χ2n) is 1.56. The van der Waals surface area contributed by atoms with E-state index in [1.54, 1.807) is 18.6 Å². The van der Waals surface area contributed by atoms with Crippen LogP contribution in [0.3, 0.4) is 0 Å². The Kier molecular flexibility index (Phi) is 1.80. The third kappa shape index (κ3) is 1.53. The maximum Gasteiger partial charge on any atom is 0.0539 e. The fourth-order valence-electron chi connectivity index (χ4n) is 0.536. The van der Waals surface area contributed by atoms with Gasteiger partial charge in [-0.25, -0.2) is 0 Å². The van der Waals surface area contributed by atoms with E-state index in [1.807, 2.05) is 12.1 Å². The minimum absolute atomic E-state index is 0.965. The number of nitrogens with two attached hydrogens (primary N) is 1. The quantitative estimate of drug-likeness (QED) is 0.331. The van der Waals surface area contributed by atoms with E-state index in [9.17, 15) is 0 Å². The molecule has 1 rings (SSSR count). The highest BCUT2D eigenvalue weighted by Gasteiger charge is 1.80. The summed E-state index contributed by atoms with van der Waals surface area (Å²) in [5.74, 6) is 4.91. The van der Waals surface area contributed by atoms with Crippen LogP contribution in [0.25, 0.3) is 0 Å². The minimum Gasteiger partial charge on any atom is -0.323 e. The molecule has 0 bridgehead atoms. The Labute approximate surface area is 53.2 Å². The smallest absolute Gasteiger partial charge is 0.0539 e. The van der Waals surface area contributed by atoms with E-state index in [1.165, 1.54) is 0 Å². The molecule has 0 saturated carbocycles. The lowest BCUT2D eigenvalue weighted by Crippen LogP contribution is -1.85. The zero-order valence-corrected chi connectivity index (χ0v) is 4.86. The van der Waals surface area contributed by atoms with Gasteiger partial charge in [0.2, 0.25) is 0 Å². The molecule has 0 fully saturated rings. The number of aromatic nitrogens is 1. The highest BCUT2D eigenvalue weighted by Crippen LogP contribution is 1.88. The second-order valence-corrected chi connectivity index (χ2v) is 1.56. The van der Waals surface area contributed by atoms with Gasteiger partial charge in [-0.05, 0) is 17.7 Å². The monoisotopic (exact) mass is 121 g/mol. The largest absolute Gasteiger partial charge is 0.323 e. The average Bonchev–Trinajstić information content (AvgIpc) is 1.91. The lowest BCUT2D eigenvalue weighted by atomic mass is 10.3. The highest BCUT2D eigenvalue weighted by molar-refractivity contribution is 5.78.